The summed E-state index contributed by atoms with van der Waals surface area (Å²) in [7, 11) is 0. The molecule has 1 rings (SSSR count). The Morgan fingerprint density at radius 2 is 1.73 bits per heavy atom. The molecule has 15 heavy (non-hydrogen) atoms. The fourth-order valence-corrected chi connectivity index (χ4v) is 1.15. The summed E-state index contributed by atoms with van der Waals surface area (Å²) in [6, 6.07) is 4.84. The van der Waals surface area contributed by atoms with E-state index >= 15 is 0 Å². The SMILES string of the molecule is FC(F)(F)c1ccc(C#CCCBr)cc1. The molecule has 0 bridgehead atoms. The predicted molar refractivity (Wildman–Crippen MR) is 56.7 cm³/mol. The van der Waals surface area contributed by atoms with Crippen molar-refractivity contribution in [3.63, 3.8) is 0 Å². The molecule has 0 aromatic heterocycles. The van der Waals surface area contributed by atoms with Crippen molar-refractivity contribution in [3.8, 4) is 11.8 Å². The van der Waals surface area contributed by atoms with E-state index in [1.54, 1.807) is 0 Å². The molecule has 1 aromatic rings. The quantitative estimate of drug-likeness (QED) is 0.540. The predicted octanol–water partition coefficient (Wildman–Crippen LogP) is 3.84. The van der Waals surface area contributed by atoms with Crippen molar-refractivity contribution in [1.82, 2.24) is 0 Å². The maximum absolute atomic E-state index is 12.2. The van der Waals surface area contributed by atoms with Gasteiger partial charge in [0.05, 0.1) is 5.56 Å². The average Bonchev–Trinajstić information content (AvgIpc) is 2.18. The van der Waals surface area contributed by atoms with Crippen LogP contribution >= 0.6 is 15.9 Å². The Morgan fingerprint density at radius 3 is 2.20 bits per heavy atom. The molecular weight excluding hydrogens is 269 g/mol. The van der Waals surface area contributed by atoms with Gasteiger partial charge in [0.15, 0.2) is 0 Å². The molecule has 0 unspecified atom stereocenters. The van der Waals surface area contributed by atoms with Gasteiger partial charge in [-0.2, -0.15) is 13.2 Å². The van der Waals surface area contributed by atoms with Crippen LogP contribution in [0.3, 0.4) is 0 Å². The molecule has 0 heterocycles. The second kappa shape index (κ2) is 5.22. The average molecular weight is 277 g/mol. The summed E-state index contributed by atoms with van der Waals surface area (Å²) in [5, 5.41) is 0.765. The van der Waals surface area contributed by atoms with Gasteiger partial charge in [0.2, 0.25) is 0 Å². The Bertz CT molecular complexity index is 368. The van der Waals surface area contributed by atoms with Crippen LogP contribution in [0.1, 0.15) is 17.5 Å². The van der Waals surface area contributed by atoms with Gasteiger partial charge in [-0.15, -0.1) is 0 Å². The van der Waals surface area contributed by atoms with Gasteiger partial charge in [0.25, 0.3) is 0 Å². The van der Waals surface area contributed by atoms with E-state index in [0.29, 0.717) is 12.0 Å². The monoisotopic (exact) mass is 276 g/mol. The zero-order valence-corrected chi connectivity index (χ0v) is 9.32. The summed E-state index contributed by atoms with van der Waals surface area (Å²) in [5.41, 5.74) is -0.0440. The Kier molecular flexibility index (Phi) is 4.22. The molecule has 0 aliphatic rings. The summed E-state index contributed by atoms with van der Waals surface area (Å²) < 4.78 is 36.6. The minimum atomic E-state index is -4.28. The molecule has 4 heteroatoms. The van der Waals surface area contributed by atoms with Crippen molar-refractivity contribution in [2.75, 3.05) is 5.33 Å². The lowest BCUT2D eigenvalue weighted by Gasteiger charge is -2.05. The van der Waals surface area contributed by atoms with Crippen LogP contribution in [0, 0.1) is 11.8 Å². The highest BCUT2D eigenvalue weighted by Gasteiger charge is 2.29. The second-order valence-electron chi connectivity index (χ2n) is 2.82. The van der Waals surface area contributed by atoms with Gasteiger partial charge in [0.1, 0.15) is 0 Å². The second-order valence-corrected chi connectivity index (χ2v) is 3.61. The third-order valence-corrected chi connectivity index (χ3v) is 2.06. The molecule has 0 nitrogen and oxygen atoms in total. The normalized spacial score (nSPS) is 10.7. The first-order valence-corrected chi connectivity index (χ1v) is 5.38. The summed E-state index contributed by atoms with van der Waals surface area (Å²) >= 11 is 3.21. The lowest BCUT2D eigenvalue weighted by Crippen LogP contribution is -2.04. The third kappa shape index (κ3) is 3.96. The van der Waals surface area contributed by atoms with Crippen LogP contribution in [0.5, 0.6) is 0 Å². The van der Waals surface area contributed by atoms with Gasteiger partial charge in [-0.25, -0.2) is 0 Å². The maximum Gasteiger partial charge on any atom is 0.416 e. The first-order chi connectivity index (χ1) is 7.04. The van der Waals surface area contributed by atoms with Crippen molar-refractivity contribution in [3.05, 3.63) is 35.4 Å². The van der Waals surface area contributed by atoms with Crippen molar-refractivity contribution in [1.29, 1.82) is 0 Å². The minimum Gasteiger partial charge on any atom is -0.166 e. The zero-order chi connectivity index (χ0) is 11.3. The zero-order valence-electron chi connectivity index (χ0n) is 7.74. The number of rotatable bonds is 1. The van der Waals surface area contributed by atoms with Crippen molar-refractivity contribution < 1.29 is 13.2 Å². The number of hydrogen-bond donors (Lipinski definition) is 0. The van der Waals surface area contributed by atoms with E-state index in [9.17, 15) is 13.2 Å². The molecule has 0 saturated heterocycles. The highest BCUT2D eigenvalue weighted by Crippen LogP contribution is 2.28. The molecular formula is C11H8BrF3. The van der Waals surface area contributed by atoms with Gasteiger partial charge < -0.3 is 0 Å². The Labute approximate surface area is 94.6 Å². The van der Waals surface area contributed by atoms with Crippen LogP contribution in [0.2, 0.25) is 0 Å². The van der Waals surface area contributed by atoms with Crippen molar-refractivity contribution in [2.24, 2.45) is 0 Å². The molecule has 0 amide bonds. The molecule has 0 spiro atoms. The highest BCUT2D eigenvalue weighted by atomic mass is 79.9. The van der Waals surface area contributed by atoms with Gasteiger partial charge in [-0.3, -0.25) is 0 Å². The Morgan fingerprint density at radius 1 is 1.13 bits per heavy atom. The summed E-state index contributed by atoms with van der Waals surface area (Å²) in [6.45, 7) is 0. The van der Waals surface area contributed by atoms with E-state index in [-0.39, 0.29) is 0 Å². The molecule has 1 aromatic carbocycles. The van der Waals surface area contributed by atoms with Gasteiger partial charge >= 0.3 is 6.18 Å². The van der Waals surface area contributed by atoms with E-state index in [4.69, 9.17) is 0 Å². The van der Waals surface area contributed by atoms with E-state index in [0.717, 1.165) is 17.5 Å². The summed E-state index contributed by atoms with van der Waals surface area (Å²) in [4.78, 5) is 0. The van der Waals surface area contributed by atoms with E-state index in [1.165, 1.54) is 12.1 Å². The van der Waals surface area contributed by atoms with E-state index < -0.39 is 11.7 Å². The Hall–Kier alpha value is -0.950. The Balaban J connectivity index is 2.79. The van der Waals surface area contributed by atoms with Crippen molar-refractivity contribution in [2.45, 2.75) is 12.6 Å². The third-order valence-electron chi connectivity index (χ3n) is 1.66. The van der Waals surface area contributed by atoms with Gasteiger partial charge in [-0.05, 0) is 24.3 Å². The largest absolute Gasteiger partial charge is 0.416 e. The molecule has 0 atom stereocenters. The molecule has 0 N–H and O–H groups in total. The minimum absolute atomic E-state index is 0.601. The standard InChI is InChI=1S/C11H8BrF3/c12-8-2-1-3-9-4-6-10(7-5-9)11(13,14)15/h4-7H,2,8H2. The summed E-state index contributed by atoms with van der Waals surface area (Å²) in [5.74, 6) is 5.61. The van der Waals surface area contributed by atoms with Gasteiger partial charge in [0, 0.05) is 17.3 Å². The number of halogens is 4. The molecule has 0 aliphatic heterocycles. The molecule has 80 valence electrons. The molecule has 0 radical (unpaired) electrons. The topological polar surface area (TPSA) is 0 Å². The first kappa shape index (κ1) is 12.1. The molecule has 0 fully saturated rings. The van der Waals surface area contributed by atoms with Crippen LogP contribution in [-0.2, 0) is 6.18 Å². The first-order valence-electron chi connectivity index (χ1n) is 4.26. The van der Waals surface area contributed by atoms with Gasteiger partial charge in [-0.1, -0.05) is 27.8 Å². The lowest BCUT2D eigenvalue weighted by atomic mass is 10.1. The highest BCUT2D eigenvalue weighted by molar-refractivity contribution is 9.09. The van der Waals surface area contributed by atoms with Crippen LogP contribution in [0.25, 0.3) is 0 Å². The maximum atomic E-state index is 12.2. The lowest BCUT2D eigenvalue weighted by molar-refractivity contribution is -0.137. The van der Waals surface area contributed by atoms with Crippen LogP contribution in [0.15, 0.2) is 24.3 Å². The van der Waals surface area contributed by atoms with E-state index in [1.807, 2.05) is 0 Å². The number of hydrogen-bond acceptors (Lipinski definition) is 0. The molecule has 0 saturated carbocycles. The van der Waals surface area contributed by atoms with Crippen molar-refractivity contribution >= 4 is 15.9 Å². The molecule has 0 aliphatic carbocycles. The van der Waals surface area contributed by atoms with E-state index in [2.05, 4.69) is 27.8 Å². The van der Waals surface area contributed by atoms with Crippen LogP contribution in [0.4, 0.5) is 13.2 Å². The fourth-order valence-electron chi connectivity index (χ4n) is 0.954. The smallest absolute Gasteiger partial charge is 0.166 e. The van der Waals surface area contributed by atoms with Crippen LogP contribution < -0.4 is 0 Å². The number of alkyl halides is 4. The van der Waals surface area contributed by atoms with Crippen LogP contribution in [-0.4, -0.2) is 5.33 Å². The number of benzene rings is 1. The fraction of sp³-hybridized carbons (Fsp3) is 0.273. The summed E-state index contributed by atoms with van der Waals surface area (Å²) in [6.07, 6.45) is -3.59.